The Hall–Kier alpha value is -3.87. The molecule has 0 spiro atoms. The molecule has 2 aromatic carbocycles. The van der Waals surface area contributed by atoms with Gasteiger partial charge in [0.15, 0.2) is 0 Å². The summed E-state index contributed by atoms with van der Waals surface area (Å²) in [6, 6.07) is 15.2. The maximum absolute atomic E-state index is 12.9. The van der Waals surface area contributed by atoms with Crippen LogP contribution < -0.4 is 15.6 Å². The van der Waals surface area contributed by atoms with Crippen molar-refractivity contribution in [2.45, 2.75) is 27.3 Å². The van der Waals surface area contributed by atoms with Gasteiger partial charge in [0.2, 0.25) is 0 Å². The SMILES string of the molecule is CCOc1ccc(-c2cc3c(=O)n(CCNC(=O)c4cc(C)ccc4C)ccn3n2)cc1. The zero-order valence-electron chi connectivity index (χ0n) is 18.5. The van der Waals surface area contributed by atoms with Gasteiger partial charge in [-0.05, 0) is 62.7 Å². The van der Waals surface area contributed by atoms with E-state index in [9.17, 15) is 9.59 Å². The highest BCUT2D eigenvalue weighted by Gasteiger charge is 2.11. The summed E-state index contributed by atoms with van der Waals surface area (Å²) in [6.07, 6.45) is 3.44. The van der Waals surface area contributed by atoms with Crippen LogP contribution >= 0.6 is 0 Å². The lowest BCUT2D eigenvalue weighted by molar-refractivity contribution is 0.0951. The number of ether oxygens (including phenoxy) is 1. The van der Waals surface area contributed by atoms with E-state index in [0.29, 0.717) is 36.5 Å². The molecule has 0 saturated carbocycles. The fourth-order valence-electron chi connectivity index (χ4n) is 3.60. The molecular formula is C25H26N4O3. The highest BCUT2D eigenvalue weighted by atomic mass is 16.5. The van der Waals surface area contributed by atoms with Crippen LogP contribution in [0.1, 0.15) is 28.4 Å². The maximum Gasteiger partial charge on any atom is 0.276 e. The van der Waals surface area contributed by atoms with Crippen LogP contribution in [0.5, 0.6) is 5.75 Å². The molecular weight excluding hydrogens is 404 g/mol. The number of carbonyl (C=O) groups excluding carboxylic acids is 1. The van der Waals surface area contributed by atoms with Gasteiger partial charge in [-0.2, -0.15) is 5.10 Å². The lowest BCUT2D eigenvalue weighted by Gasteiger charge is -2.10. The number of hydrogen-bond donors (Lipinski definition) is 1. The lowest BCUT2D eigenvalue weighted by Crippen LogP contribution is -2.31. The summed E-state index contributed by atoms with van der Waals surface area (Å²) in [5.41, 5.74) is 4.56. The highest BCUT2D eigenvalue weighted by Crippen LogP contribution is 2.22. The number of aryl methyl sites for hydroxylation is 2. The minimum absolute atomic E-state index is 0.137. The first-order valence-electron chi connectivity index (χ1n) is 10.6. The van der Waals surface area contributed by atoms with E-state index in [-0.39, 0.29) is 11.5 Å². The van der Waals surface area contributed by atoms with Crippen LogP contribution in [0.2, 0.25) is 0 Å². The van der Waals surface area contributed by atoms with Crippen molar-refractivity contribution in [3.05, 3.63) is 88.0 Å². The Morgan fingerprint density at radius 3 is 2.59 bits per heavy atom. The van der Waals surface area contributed by atoms with Gasteiger partial charge in [-0.3, -0.25) is 9.59 Å². The summed E-state index contributed by atoms with van der Waals surface area (Å²) < 4.78 is 8.64. The molecule has 0 fully saturated rings. The first-order chi connectivity index (χ1) is 15.5. The molecule has 0 unspecified atom stereocenters. The fraction of sp³-hybridized carbons (Fsp3) is 0.240. The zero-order chi connectivity index (χ0) is 22.7. The lowest BCUT2D eigenvalue weighted by atomic mass is 10.1. The van der Waals surface area contributed by atoms with Crippen molar-refractivity contribution in [1.82, 2.24) is 19.5 Å². The summed E-state index contributed by atoms with van der Waals surface area (Å²) in [5, 5.41) is 7.42. The molecule has 4 rings (SSSR count). The number of nitrogens with zero attached hydrogens (tertiary/aromatic N) is 3. The van der Waals surface area contributed by atoms with Gasteiger partial charge in [-0.1, -0.05) is 17.7 Å². The number of carbonyl (C=O) groups is 1. The number of hydrogen-bond acceptors (Lipinski definition) is 4. The van der Waals surface area contributed by atoms with Gasteiger partial charge in [-0.15, -0.1) is 0 Å². The molecule has 0 radical (unpaired) electrons. The Bertz CT molecular complexity index is 1320. The van der Waals surface area contributed by atoms with Gasteiger partial charge in [0.25, 0.3) is 11.5 Å². The standard InChI is InChI=1S/C25H26N4O3/c1-4-32-20-9-7-19(8-10-20)22-16-23-25(31)28(13-14-29(23)27-22)12-11-26-24(30)21-15-17(2)5-6-18(21)3/h5-10,13-16H,4,11-12H2,1-3H3,(H,26,30). The molecule has 0 bridgehead atoms. The van der Waals surface area contributed by atoms with E-state index in [4.69, 9.17) is 4.74 Å². The van der Waals surface area contributed by atoms with E-state index in [0.717, 1.165) is 22.4 Å². The highest BCUT2D eigenvalue weighted by molar-refractivity contribution is 5.95. The Kier molecular flexibility index (Phi) is 6.07. The zero-order valence-corrected chi connectivity index (χ0v) is 18.5. The molecule has 1 amide bonds. The fourth-order valence-corrected chi connectivity index (χ4v) is 3.60. The topological polar surface area (TPSA) is 77.6 Å². The van der Waals surface area contributed by atoms with E-state index in [1.807, 2.05) is 63.2 Å². The molecule has 164 valence electrons. The van der Waals surface area contributed by atoms with Gasteiger partial charge < -0.3 is 14.6 Å². The smallest absolute Gasteiger partial charge is 0.276 e. The monoisotopic (exact) mass is 430 g/mol. The Morgan fingerprint density at radius 1 is 1.06 bits per heavy atom. The normalized spacial score (nSPS) is 11.0. The first kappa shape index (κ1) is 21.4. The molecule has 0 aliphatic rings. The first-order valence-corrected chi connectivity index (χ1v) is 10.6. The van der Waals surface area contributed by atoms with Crippen molar-refractivity contribution < 1.29 is 9.53 Å². The molecule has 2 aromatic heterocycles. The summed E-state index contributed by atoms with van der Waals surface area (Å²) in [7, 11) is 0. The van der Waals surface area contributed by atoms with Crippen molar-refractivity contribution >= 4 is 11.4 Å². The molecule has 0 saturated heterocycles. The van der Waals surface area contributed by atoms with Crippen LogP contribution in [-0.2, 0) is 6.54 Å². The molecule has 0 atom stereocenters. The number of fused-ring (bicyclic) bond motifs is 1. The predicted molar refractivity (Wildman–Crippen MR) is 124 cm³/mol. The summed E-state index contributed by atoms with van der Waals surface area (Å²) >= 11 is 0. The van der Waals surface area contributed by atoms with E-state index in [1.165, 1.54) is 0 Å². The number of nitrogens with one attached hydrogen (secondary N) is 1. The van der Waals surface area contributed by atoms with E-state index < -0.39 is 0 Å². The third-order valence-corrected chi connectivity index (χ3v) is 5.34. The van der Waals surface area contributed by atoms with Gasteiger partial charge in [0.1, 0.15) is 11.3 Å². The number of benzene rings is 2. The largest absolute Gasteiger partial charge is 0.494 e. The minimum Gasteiger partial charge on any atom is -0.494 e. The molecule has 0 aliphatic carbocycles. The quantitative estimate of drug-likeness (QED) is 0.486. The Labute approximate surface area is 186 Å². The predicted octanol–water partition coefficient (Wildman–Crippen LogP) is 3.61. The summed E-state index contributed by atoms with van der Waals surface area (Å²) in [6.45, 7) is 7.14. The number of amides is 1. The van der Waals surface area contributed by atoms with Crippen molar-refractivity contribution in [1.29, 1.82) is 0 Å². The van der Waals surface area contributed by atoms with E-state index in [1.54, 1.807) is 27.5 Å². The Morgan fingerprint density at radius 2 is 1.84 bits per heavy atom. The Balaban J connectivity index is 1.48. The summed E-state index contributed by atoms with van der Waals surface area (Å²) in [4.78, 5) is 25.4. The van der Waals surface area contributed by atoms with Crippen LogP contribution in [0.15, 0.2) is 65.7 Å². The minimum atomic E-state index is -0.154. The van der Waals surface area contributed by atoms with Crippen LogP contribution in [-0.4, -0.2) is 33.2 Å². The average Bonchev–Trinajstić information content (AvgIpc) is 3.23. The number of rotatable bonds is 7. The molecule has 4 aromatic rings. The molecule has 1 N–H and O–H groups in total. The average molecular weight is 431 g/mol. The molecule has 2 heterocycles. The second kappa shape index (κ2) is 9.09. The molecule has 0 aliphatic heterocycles. The van der Waals surface area contributed by atoms with E-state index in [2.05, 4.69) is 10.4 Å². The van der Waals surface area contributed by atoms with Gasteiger partial charge in [0, 0.05) is 36.6 Å². The number of aromatic nitrogens is 3. The van der Waals surface area contributed by atoms with Crippen LogP contribution in [0.4, 0.5) is 0 Å². The van der Waals surface area contributed by atoms with Crippen molar-refractivity contribution in [3.63, 3.8) is 0 Å². The van der Waals surface area contributed by atoms with Crippen molar-refractivity contribution in [3.8, 4) is 17.0 Å². The van der Waals surface area contributed by atoms with Crippen LogP contribution in [0.25, 0.3) is 16.8 Å². The van der Waals surface area contributed by atoms with Crippen molar-refractivity contribution in [2.75, 3.05) is 13.2 Å². The van der Waals surface area contributed by atoms with Crippen molar-refractivity contribution in [2.24, 2.45) is 0 Å². The van der Waals surface area contributed by atoms with Crippen LogP contribution in [0, 0.1) is 13.8 Å². The van der Waals surface area contributed by atoms with E-state index >= 15 is 0 Å². The molecule has 7 nitrogen and oxygen atoms in total. The second-order valence-electron chi connectivity index (χ2n) is 7.69. The summed E-state index contributed by atoms with van der Waals surface area (Å²) in [5.74, 6) is 0.660. The second-order valence-corrected chi connectivity index (χ2v) is 7.69. The van der Waals surface area contributed by atoms with Crippen LogP contribution in [0.3, 0.4) is 0 Å². The molecule has 7 heteroatoms. The molecule has 32 heavy (non-hydrogen) atoms. The maximum atomic E-state index is 12.9. The van der Waals surface area contributed by atoms with Gasteiger partial charge in [0.05, 0.1) is 12.3 Å². The third-order valence-electron chi connectivity index (χ3n) is 5.34. The third kappa shape index (κ3) is 4.42. The van der Waals surface area contributed by atoms with Gasteiger partial charge in [-0.25, -0.2) is 4.52 Å². The van der Waals surface area contributed by atoms with Gasteiger partial charge >= 0.3 is 0 Å².